The smallest absolute Gasteiger partial charge is 0.407 e. The van der Waals surface area contributed by atoms with Crippen molar-refractivity contribution >= 4 is 58.3 Å². The molecule has 74 heavy (non-hydrogen) atoms. The van der Waals surface area contributed by atoms with Crippen molar-refractivity contribution in [1.82, 2.24) is 10.6 Å². The van der Waals surface area contributed by atoms with E-state index in [4.69, 9.17) is 28.4 Å². The van der Waals surface area contributed by atoms with Crippen molar-refractivity contribution in [3.8, 4) is 11.5 Å². The van der Waals surface area contributed by atoms with E-state index in [0.29, 0.717) is 34.5 Å². The van der Waals surface area contributed by atoms with Crippen LogP contribution in [-0.4, -0.2) is 105 Å². The van der Waals surface area contributed by atoms with Crippen LogP contribution in [0.2, 0.25) is 0 Å². The Labute approximate surface area is 434 Å². The predicted octanol–water partition coefficient (Wildman–Crippen LogP) is 9.00. The van der Waals surface area contributed by atoms with Gasteiger partial charge in [0.1, 0.15) is 51.1 Å². The van der Waals surface area contributed by atoms with E-state index in [1.54, 1.807) is 13.8 Å². The van der Waals surface area contributed by atoms with E-state index in [1.807, 2.05) is 97.1 Å². The topological polar surface area (TPSA) is 194 Å². The summed E-state index contributed by atoms with van der Waals surface area (Å²) in [5.74, 6) is 0.383. The second-order valence-electron chi connectivity index (χ2n) is 18.8. The van der Waals surface area contributed by atoms with E-state index in [2.05, 4.69) is 74.8 Å². The lowest BCUT2D eigenvalue weighted by atomic mass is 9.80. The molecule has 0 spiro atoms. The SMILES string of the molecule is C=C(C)C(=O)OCCNC(=O)OCCOc1ccc(N(c2ccc(C3=C([O-])C(=C4C=CC(=[N+](c5ccc(OCCOC(=O)NCCOC(=O)C(=C)C)cc5)C(C)CC(C)C)C=C4)C3=O)cc2)C(C)CC(C)C)cc1. The molecule has 0 heterocycles. The van der Waals surface area contributed by atoms with Gasteiger partial charge in [-0.15, -0.1) is 0 Å². The van der Waals surface area contributed by atoms with Crippen molar-refractivity contribution in [2.75, 3.05) is 57.6 Å². The van der Waals surface area contributed by atoms with Gasteiger partial charge in [-0.2, -0.15) is 4.58 Å². The summed E-state index contributed by atoms with van der Waals surface area (Å²) in [5.41, 5.74) is 5.62. The van der Waals surface area contributed by atoms with Crippen molar-refractivity contribution in [2.45, 2.75) is 80.3 Å². The fraction of sp³-hybridized carbons (Fsp3) is 0.379. The van der Waals surface area contributed by atoms with E-state index in [1.165, 1.54) is 0 Å². The molecule has 3 aromatic rings. The Morgan fingerprint density at radius 1 is 0.595 bits per heavy atom. The number of alkyl carbamates (subject to hydrolysis) is 2. The number of carbonyl (C=O) groups is 5. The molecule has 0 bridgehead atoms. The summed E-state index contributed by atoms with van der Waals surface area (Å²) in [5, 5.41) is 18.8. The van der Waals surface area contributed by atoms with Crippen LogP contribution >= 0.6 is 0 Å². The zero-order valence-electron chi connectivity index (χ0n) is 43.8. The highest BCUT2D eigenvalue weighted by molar-refractivity contribution is 6.39. The molecule has 16 heteroatoms. The van der Waals surface area contributed by atoms with Gasteiger partial charge in [0, 0.05) is 70.4 Å². The number of hydrogen-bond acceptors (Lipinski definition) is 13. The minimum Gasteiger partial charge on any atom is -0.871 e. The summed E-state index contributed by atoms with van der Waals surface area (Å²) in [7, 11) is 0. The number of Topliss-reactive ketones (excluding diaryl/α,β-unsaturated/α-hetero) is 1. The van der Waals surface area contributed by atoms with Gasteiger partial charge >= 0.3 is 24.1 Å². The maximum Gasteiger partial charge on any atom is 0.407 e. The summed E-state index contributed by atoms with van der Waals surface area (Å²) in [6.07, 6.45) is 8.02. The van der Waals surface area contributed by atoms with Gasteiger partial charge in [0.2, 0.25) is 11.4 Å². The summed E-state index contributed by atoms with van der Waals surface area (Å²) in [6.45, 7) is 23.6. The van der Waals surface area contributed by atoms with Crippen LogP contribution in [0, 0.1) is 11.8 Å². The van der Waals surface area contributed by atoms with E-state index in [0.717, 1.165) is 35.6 Å². The van der Waals surface area contributed by atoms with Gasteiger partial charge in [-0.25, -0.2) is 19.2 Å². The third-order valence-corrected chi connectivity index (χ3v) is 11.6. The zero-order valence-corrected chi connectivity index (χ0v) is 43.8. The molecule has 0 saturated heterocycles. The Bertz CT molecular complexity index is 2640. The van der Waals surface area contributed by atoms with Crippen LogP contribution in [0.25, 0.3) is 5.57 Å². The molecule has 2 amide bonds. The lowest BCUT2D eigenvalue weighted by Crippen LogP contribution is -2.31. The minimum absolute atomic E-state index is 0.00112. The summed E-state index contributed by atoms with van der Waals surface area (Å²) < 4.78 is 34.1. The molecule has 0 aromatic heterocycles. The first-order valence-corrected chi connectivity index (χ1v) is 24.9. The van der Waals surface area contributed by atoms with Crippen molar-refractivity contribution in [3.63, 3.8) is 0 Å². The van der Waals surface area contributed by atoms with Crippen molar-refractivity contribution in [1.29, 1.82) is 0 Å². The largest absolute Gasteiger partial charge is 0.871 e. The number of esters is 2. The van der Waals surface area contributed by atoms with Gasteiger partial charge in [-0.3, -0.25) is 4.79 Å². The number of anilines is 2. The molecule has 16 nitrogen and oxygen atoms in total. The second kappa shape index (κ2) is 27.8. The van der Waals surface area contributed by atoms with Crippen LogP contribution in [0.5, 0.6) is 11.5 Å². The van der Waals surface area contributed by atoms with Gasteiger partial charge in [-0.05, 0) is 118 Å². The minimum atomic E-state index is -0.653. The third-order valence-electron chi connectivity index (χ3n) is 11.6. The highest BCUT2D eigenvalue weighted by atomic mass is 16.6. The molecule has 0 fully saturated rings. The number of benzene rings is 3. The van der Waals surface area contributed by atoms with Crippen LogP contribution in [-0.2, 0) is 33.3 Å². The molecule has 2 N–H and O–H groups in total. The highest BCUT2D eigenvalue weighted by Crippen LogP contribution is 2.39. The quantitative estimate of drug-likeness (QED) is 0.0255. The van der Waals surface area contributed by atoms with Crippen LogP contribution in [0.15, 0.2) is 138 Å². The van der Waals surface area contributed by atoms with Crippen molar-refractivity contribution in [3.05, 3.63) is 144 Å². The number of ether oxygens (including phenoxy) is 6. The molecular weight excluding hydrogens is 945 g/mol. The lowest BCUT2D eigenvalue weighted by Gasteiger charge is -2.34. The first kappa shape index (κ1) is 57.0. The molecule has 3 aromatic carbocycles. The third kappa shape index (κ3) is 16.6. The molecule has 0 aliphatic heterocycles. The van der Waals surface area contributed by atoms with Gasteiger partial charge in [0.05, 0.1) is 13.1 Å². The monoisotopic (exact) mass is 1010 g/mol. The molecule has 0 saturated carbocycles. The maximum atomic E-state index is 13.8. The molecule has 2 atom stereocenters. The van der Waals surface area contributed by atoms with Gasteiger partial charge in [-0.1, -0.05) is 58.7 Å². The van der Waals surface area contributed by atoms with Gasteiger partial charge in [0.25, 0.3) is 0 Å². The van der Waals surface area contributed by atoms with Crippen molar-refractivity contribution in [2.24, 2.45) is 11.8 Å². The Morgan fingerprint density at radius 2 is 1.05 bits per heavy atom. The Balaban J connectivity index is 1.21. The summed E-state index contributed by atoms with van der Waals surface area (Å²) in [6, 6.07) is 23.0. The molecule has 2 aliphatic rings. The van der Waals surface area contributed by atoms with E-state index < -0.39 is 24.1 Å². The molecule has 394 valence electrons. The second-order valence-corrected chi connectivity index (χ2v) is 18.8. The van der Waals surface area contributed by atoms with Crippen LogP contribution < -0.4 is 30.1 Å². The number of nitrogens with zero attached hydrogens (tertiary/aromatic N) is 2. The number of amides is 2. The van der Waals surface area contributed by atoms with E-state index in [-0.39, 0.29) is 98.6 Å². The normalized spacial score (nSPS) is 13.7. The lowest BCUT2D eigenvalue weighted by molar-refractivity contribution is -0.481. The fourth-order valence-corrected chi connectivity index (χ4v) is 8.32. The standard InChI is InChI=1S/C58H70N4O12/c1-37(2)35-41(9)61(47-19-23-49(24-20-47)69-31-33-73-57(67)59-27-29-71-55(65)39(5)6)45-15-11-43(12-16-45)51-53(63)52(54(51)64)44-13-17-46(18-14-44)62(42(10)36-38(3)4)48-21-25-50(26-22-48)70-32-34-74-58(68)60-28-30-72-56(66)40(7)8/h11-26,37-38,41-42H,5,7,27-36H2,1-4,6,8-10H3,(H2-,59,60,63,64,67,68). The highest BCUT2D eigenvalue weighted by Gasteiger charge is 2.32. The van der Waals surface area contributed by atoms with E-state index >= 15 is 0 Å². The maximum absolute atomic E-state index is 13.8. The Morgan fingerprint density at radius 3 is 1.50 bits per heavy atom. The van der Waals surface area contributed by atoms with Crippen molar-refractivity contribution < 1.29 is 62.1 Å². The number of carbonyl (C=O) groups excluding carboxylic acids is 5. The van der Waals surface area contributed by atoms with Crippen LogP contribution in [0.1, 0.15) is 73.8 Å². The zero-order chi connectivity index (χ0) is 53.9. The van der Waals surface area contributed by atoms with Gasteiger partial charge < -0.3 is 49.1 Å². The molecular formula is C58H70N4O12. The van der Waals surface area contributed by atoms with Crippen LogP contribution in [0.4, 0.5) is 26.7 Å². The number of allylic oxidation sites excluding steroid dienone is 7. The number of rotatable bonds is 26. The Hall–Kier alpha value is -7.88. The fourth-order valence-electron chi connectivity index (χ4n) is 8.32. The first-order valence-electron chi connectivity index (χ1n) is 24.9. The van der Waals surface area contributed by atoms with E-state index in [9.17, 15) is 29.1 Å². The average Bonchev–Trinajstić information content (AvgIpc) is 3.36. The number of hydrogen-bond donors (Lipinski definition) is 2. The number of ketones is 1. The van der Waals surface area contributed by atoms with Gasteiger partial charge in [0.15, 0.2) is 11.8 Å². The molecule has 5 rings (SSSR count). The Kier molecular flexibility index (Phi) is 21.4. The predicted molar refractivity (Wildman–Crippen MR) is 283 cm³/mol. The summed E-state index contributed by atoms with van der Waals surface area (Å²) in [4.78, 5) is 62.9. The average molecular weight is 1020 g/mol. The number of nitrogens with one attached hydrogen (secondary N) is 2. The summed E-state index contributed by atoms with van der Waals surface area (Å²) >= 11 is 0. The van der Waals surface area contributed by atoms with Crippen LogP contribution in [0.3, 0.4) is 0 Å². The molecule has 2 unspecified atom stereocenters. The molecule has 2 aliphatic carbocycles. The first-order chi connectivity index (χ1) is 35.3. The molecule has 0 radical (unpaired) electrons.